The number of terminal acetylenes is 1. The first-order valence-corrected chi connectivity index (χ1v) is 7.73. The van der Waals surface area contributed by atoms with Crippen LogP contribution in [0.15, 0.2) is 16.9 Å². The van der Waals surface area contributed by atoms with Crippen molar-refractivity contribution in [3.63, 3.8) is 0 Å². The third-order valence-electron chi connectivity index (χ3n) is 4.03. The minimum absolute atomic E-state index is 0.0392. The van der Waals surface area contributed by atoms with Crippen molar-refractivity contribution in [1.29, 1.82) is 0 Å². The van der Waals surface area contributed by atoms with Gasteiger partial charge in [-0.15, -0.1) is 6.42 Å². The van der Waals surface area contributed by atoms with E-state index in [2.05, 4.69) is 21.0 Å². The van der Waals surface area contributed by atoms with Crippen LogP contribution < -0.4 is 10.4 Å². The van der Waals surface area contributed by atoms with Crippen molar-refractivity contribution < 1.29 is 17.9 Å². The molecule has 3 aromatic rings. The zero-order valence-electron chi connectivity index (χ0n) is 13.2. The first kappa shape index (κ1) is 16.2. The molecule has 1 saturated carbocycles. The van der Waals surface area contributed by atoms with Gasteiger partial charge < -0.3 is 4.74 Å². The lowest BCUT2D eigenvalue weighted by Gasteiger charge is -2.05. The van der Waals surface area contributed by atoms with Gasteiger partial charge >= 0.3 is 11.7 Å². The van der Waals surface area contributed by atoms with Crippen LogP contribution in [0.5, 0.6) is 6.01 Å². The second-order valence-electron chi connectivity index (χ2n) is 5.86. The third kappa shape index (κ3) is 2.60. The van der Waals surface area contributed by atoms with Crippen LogP contribution in [0.25, 0.3) is 16.8 Å². The first-order chi connectivity index (χ1) is 12.5. The van der Waals surface area contributed by atoms with E-state index in [1.807, 2.05) is 0 Å². The first-order valence-electron chi connectivity index (χ1n) is 7.73. The Morgan fingerprint density at radius 2 is 2.00 bits per heavy atom. The van der Waals surface area contributed by atoms with Crippen molar-refractivity contribution >= 4 is 5.65 Å². The Morgan fingerprint density at radius 3 is 2.62 bits per heavy atom. The van der Waals surface area contributed by atoms with Gasteiger partial charge in [0.2, 0.25) is 0 Å². The molecule has 132 valence electrons. The molecule has 2 heterocycles. The molecule has 0 bridgehead atoms. The molecule has 0 aliphatic heterocycles. The maximum absolute atomic E-state index is 13.7. The quantitative estimate of drug-likeness (QED) is 0.573. The number of fused-ring (bicyclic) bond motifs is 1. The maximum atomic E-state index is 13.7. The van der Waals surface area contributed by atoms with Gasteiger partial charge in [0.05, 0.1) is 11.3 Å². The fraction of sp³-hybridized carbons (Fsp3) is 0.235. The van der Waals surface area contributed by atoms with E-state index in [0.717, 1.165) is 29.5 Å². The highest BCUT2D eigenvalue weighted by molar-refractivity contribution is 5.80. The number of hydrogen-bond acceptors (Lipinski definition) is 4. The minimum Gasteiger partial charge on any atom is -0.451 e. The van der Waals surface area contributed by atoms with E-state index in [1.165, 1.54) is 0 Å². The molecule has 1 aromatic carbocycles. The van der Waals surface area contributed by atoms with Crippen molar-refractivity contribution in [1.82, 2.24) is 19.6 Å². The Morgan fingerprint density at radius 1 is 1.31 bits per heavy atom. The van der Waals surface area contributed by atoms with E-state index < -0.39 is 23.1 Å². The summed E-state index contributed by atoms with van der Waals surface area (Å²) in [5.41, 5.74) is 0.190. The van der Waals surface area contributed by atoms with Crippen molar-refractivity contribution in [3.05, 3.63) is 45.8 Å². The Balaban J connectivity index is 2.00. The van der Waals surface area contributed by atoms with E-state index in [-0.39, 0.29) is 35.3 Å². The smallest absolute Gasteiger partial charge is 0.352 e. The molecule has 0 spiro atoms. The van der Waals surface area contributed by atoms with Crippen LogP contribution in [-0.2, 0) is 0 Å². The number of aromatic amines is 1. The molecule has 1 fully saturated rings. The van der Waals surface area contributed by atoms with Gasteiger partial charge in [-0.25, -0.2) is 18.0 Å². The molecular weight excluding hydrogens is 349 g/mol. The van der Waals surface area contributed by atoms with Gasteiger partial charge in [0.1, 0.15) is 0 Å². The van der Waals surface area contributed by atoms with Crippen molar-refractivity contribution in [2.45, 2.75) is 18.8 Å². The number of ether oxygens (including phenoxy) is 1. The third-order valence-corrected chi connectivity index (χ3v) is 4.03. The van der Waals surface area contributed by atoms with Crippen LogP contribution >= 0.6 is 0 Å². The average molecular weight is 360 g/mol. The van der Waals surface area contributed by atoms with Crippen LogP contribution in [0.2, 0.25) is 0 Å². The Bertz CT molecular complexity index is 1100. The Labute approximate surface area is 144 Å². The molecule has 6 nitrogen and oxygen atoms in total. The molecule has 0 amide bonds. The fourth-order valence-corrected chi connectivity index (χ4v) is 2.74. The number of halogens is 3. The van der Waals surface area contributed by atoms with E-state index in [4.69, 9.17) is 11.2 Å². The monoisotopic (exact) mass is 360 g/mol. The molecule has 0 atom stereocenters. The molecule has 2 aromatic heterocycles. The molecule has 9 heteroatoms. The molecule has 1 aliphatic carbocycles. The Hall–Kier alpha value is -3.28. The lowest BCUT2D eigenvalue weighted by Crippen LogP contribution is -2.20. The van der Waals surface area contributed by atoms with E-state index in [1.54, 1.807) is 0 Å². The highest BCUT2D eigenvalue weighted by Crippen LogP contribution is 2.45. The van der Waals surface area contributed by atoms with Crippen LogP contribution in [0, 0.1) is 29.8 Å². The zero-order valence-corrected chi connectivity index (χ0v) is 13.2. The summed E-state index contributed by atoms with van der Waals surface area (Å²) in [5.74, 6) is -1.97. The molecule has 0 radical (unpaired) electrons. The van der Waals surface area contributed by atoms with Crippen molar-refractivity contribution in [2.75, 3.05) is 6.61 Å². The predicted octanol–water partition coefficient (Wildman–Crippen LogP) is 2.39. The van der Waals surface area contributed by atoms with Crippen molar-refractivity contribution in [3.8, 4) is 29.5 Å². The van der Waals surface area contributed by atoms with Crippen LogP contribution in [0.4, 0.5) is 13.2 Å². The lowest BCUT2D eigenvalue weighted by molar-refractivity contribution is 0.337. The van der Waals surface area contributed by atoms with E-state index in [0.29, 0.717) is 5.69 Å². The molecule has 4 rings (SSSR count). The molecule has 1 N–H and O–H groups in total. The second-order valence-corrected chi connectivity index (χ2v) is 5.86. The topological polar surface area (TPSA) is 72.3 Å². The van der Waals surface area contributed by atoms with Gasteiger partial charge in [-0.2, -0.15) is 14.6 Å². The summed E-state index contributed by atoms with van der Waals surface area (Å²) in [6.07, 6.45) is 6.76. The number of aromatic nitrogens is 4. The maximum Gasteiger partial charge on any atom is 0.352 e. The molecule has 0 unspecified atom stereocenters. The van der Waals surface area contributed by atoms with Gasteiger partial charge in [-0.1, -0.05) is 5.92 Å². The number of nitrogens with zero attached hydrogens (tertiary/aromatic N) is 3. The average Bonchev–Trinajstić information content (AvgIpc) is 3.38. The summed E-state index contributed by atoms with van der Waals surface area (Å²) >= 11 is 0. The molecule has 26 heavy (non-hydrogen) atoms. The van der Waals surface area contributed by atoms with Gasteiger partial charge in [0, 0.05) is 5.92 Å². The summed E-state index contributed by atoms with van der Waals surface area (Å²) in [4.78, 5) is 18.8. The largest absolute Gasteiger partial charge is 0.451 e. The fourth-order valence-electron chi connectivity index (χ4n) is 2.74. The number of benzene rings is 1. The van der Waals surface area contributed by atoms with Gasteiger partial charge in [0.25, 0.3) is 0 Å². The molecule has 1 aliphatic rings. The van der Waals surface area contributed by atoms with Crippen molar-refractivity contribution in [2.24, 2.45) is 0 Å². The number of rotatable bonds is 4. The predicted molar refractivity (Wildman–Crippen MR) is 85.2 cm³/mol. The summed E-state index contributed by atoms with van der Waals surface area (Å²) in [5, 5.41) is 4.23. The SMILES string of the molecule is C#CCOc1nc2c(-c3cc(F)c(F)c(F)c3)c(C3CC3)nn2c(=O)[nH]1. The normalized spacial score (nSPS) is 13.8. The summed E-state index contributed by atoms with van der Waals surface area (Å²) in [6, 6.07) is 1.56. The van der Waals surface area contributed by atoms with Crippen LogP contribution in [0.1, 0.15) is 24.5 Å². The highest BCUT2D eigenvalue weighted by atomic mass is 19.2. The van der Waals surface area contributed by atoms with Crippen LogP contribution in [-0.4, -0.2) is 26.2 Å². The highest BCUT2D eigenvalue weighted by Gasteiger charge is 2.32. The van der Waals surface area contributed by atoms with Crippen LogP contribution in [0.3, 0.4) is 0 Å². The number of hydrogen-bond donors (Lipinski definition) is 1. The summed E-state index contributed by atoms with van der Waals surface area (Å²) in [7, 11) is 0. The minimum atomic E-state index is -1.57. The van der Waals surface area contributed by atoms with E-state index in [9.17, 15) is 18.0 Å². The van der Waals surface area contributed by atoms with Gasteiger partial charge in [0.15, 0.2) is 29.7 Å². The van der Waals surface area contributed by atoms with Gasteiger partial charge in [-0.05, 0) is 30.5 Å². The van der Waals surface area contributed by atoms with E-state index >= 15 is 0 Å². The summed E-state index contributed by atoms with van der Waals surface area (Å²) in [6.45, 7) is -0.127. The Kier molecular flexibility index (Phi) is 3.68. The molecule has 0 saturated heterocycles. The molecular formula is C17H11F3N4O2. The number of nitrogens with one attached hydrogen (secondary N) is 1. The summed E-state index contributed by atoms with van der Waals surface area (Å²) < 4.78 is 46.9. The second kappa shape index (κ2) is 5.91. The van der Waals surface area contributed by atoms with Gasteiger partial charge in [-0.3, -0.25) is 4.98 Å². The lowest BCUT2D eigenvalue weighted by atomic mass is 10.0. The zero-order chi connectivity index (χ0) is 18.4. The number of H-pyrrole nitrogens is 1. The standard InChI is InChI=1S/C17H11F3N4O2/c1-2-5-26-16-21-15-12(9-6-10(18)13(20)11(19)7-9)14(8-3-4-8)23-24(15)17(25)22-16/h1,6-8H,3-5H2,(H,21,22,25).